The molecule has 0 radical (unpaired) electrons. The summed E-state index contributed by atoms with van der Waals surface area (Å²) in [6, 6.07) is 10.7. The van der Waals surface area contributed by atoms with Gasteiger partial charge in [0.2, 0.25) is 0 Å². The number of nitrogens with zero attached hydrogens (tertiary/aromatic N) is 5. The molecule has 4 aromatic rings. The minimum atomic E-state index is -4.43. The highest BCUT2D eigenvalue weighted by atomic mass is 35.5. The second-order valence-electron chi connectivity index (χ2n) is 8.05. The van der Waals surface area contributed by atoms with Gasteiger partial charge in [-0.2, -0.15) is 13.2 Å². The average molecular weight is 499 g/mol. The van der Waals surface area contributed by atoms with Crippen molar-refractivity contribution in [2.24, 2.45) is 5.73 Å². The van der Waals surface area contributed by atoms with E-state index in [1.807, 2.05) is 37.3 Å². The number of hydrogen-bond donors (Lipinski definition) is 1. The third-order valence-corrected chi connectivity index (χ3v) is 5.82. The van der Waals surface area contributed by atoms with Crippen molar-refractivity contribution < 1.29 is 13.2 Å². The summed E-state index contributed by atoms with van der Waals surface area (Å²) in [6.45, 7) is 2.49. The van der Waals surface area contributed by atoms with Crippen LogP contribution in [0, 0.1) is 6.92 Å². The molecule has 0 aliphatic carbocycles. The van der Waals surface area contributed by atoms with Crippen molar-refractivity contribution in [2.75, 3.05) is 13.1 Å². The van der Waals surface area contributed by atoms with Gasteiger partial charge in [-0.25, -0.2) is 4.98 Å². The highest BCUT2D eigenvalue weighted by Gasteiger charge is 2.46. The highest BCUT2D eigenvalue weighted by Crippen LogP contribution is 2.39. The van der Waals surface area contributed by atoms with Gasteiger partial charge in [0.25, 0.3) is 0 Å². The van der Waals surface area contributed by atoms with Crippen LogP contribution in [0.15, 0.2) is 48.7 Å². The molecule has 1 aliphatic rings. The van der Waals surface area contributed by atoms with E-state index in [9.17, 15) is 13.2 Å². The first kappa shape index (κ1) is 25.2. The van der Waals surface area contributed by atoms with E-state index in [0.717, 1.165) is 16.5 Å². The first-order chi connectivity index (χ1) is 14.8. The lowest BCUT2D eigenvalue weighted by Crippen LogP contribution is -2.38. The van der Waals surface area contributed by atoms with Gasteiger partial charge in [0.05, 0.1) is 5.52 Å². The highest BCUT2D eigenvalue weighted by molar-refractivity contribution is 5.86. The van der Waals surface area contributed by atoms with Gasteiger partial charge in [-0.3, -0.25) is 9.30 Å². The molecule has 0 unspecified atom stereocenters. The number of likely N-dealkylation sites (tertiary alicyclic amines) is 1. The van der Waals surface area contributed by atoms with Crippen molar-refractivity contribution in [3.05, 3.63) is 59.8 Å². The number of nitrogens with two attached hydrogens (primary N) is 1. The second-order valence-corrected chi connectivity index (χ2v) is 8.05. The Morgan fingerprint density at radius 1 is 1.06 bits per heavy atom. The Bertz CT molecular complexity index is 1280. The van der Waals surface area contributed by atoms with E-state index < -0.39 is 12.2 Å². The fourth-order valence-electron chi connectivity index (χ4n) is 4.32. The average Bonchev–Trinajstić information content (AvgIpc) is 3.33. The van der Waals surface area contributed by atoms with Gasteiger partial charge in [-0.1, -0.05) is 30.3 Å². The molecule has 0 saturated carbocycles. The maximum atomic E-state index is 14.0. The maximum Gasteiger partial charge on any atom is 0.408 e. The van der Waals surface area contributed by atoms with E-state index in [0.29, 0.717) is 30.1 Å². The maximum absolute atomic E-state index is 14.0. The number of fused-ring (bicyclic) bond motifs is 2. The molecule has 2 atom stereocenters. The number of pyridine rings is 2. The van der Waals surface area contributed by atoms with Gasteiger partial charge in [0.15, 0.2) is 11.5 Å². The second kappa shape index (κ2) is 9.42. The van der Waals surface area contributed by atoms with Crippen molar-refractivity contribution in [1.82, 2.24) is 24.5 Å². The molecular formula is C22H23Cl2F3N6. The van der Waals surface area contributed by atoms with Gasteiger partial charge in [0, 0.05) is 30.7 Å². The lowest BCUT2D eigenvalue weighted by molar-refractivity contribution is -0.183. The minimum Gasteiger partial charge on any atom is -0.326 e. The minimum absolute atomic E-state index is 0. The number of aryl methyl sites for hydroxylation is 1. The Balaban J connectivity index is 0.00000153. The van der Waals surface area contributed by atoms with Crippen molar-refractivity contribution in [2.45, 2.75) is 31.6 Å². The lowest BCUT2D eigenvalue weighted by Gasteiger charge is -2.30. The lowest BCUT2D eigenvalue weighted by atomic mass is 10.1. The molecule has 0 spiro atoms. The van der Waals surface area contributed by atoms with Crippen molar-refractivity contribution in [3.63, 3.8) is 0 Å². The molecule has 0 bridgehead atoms. The van der Waals surface area contributed by atoms with Crippen molar-refractivity contribution in [3.8, 4) is 11.5 Å². The zero-order valence-corrected chi connectivity index (χ0v) is 19.3. The van der Waals surface area contributed by atoms with E-state index in [1.165, 1.54) is 17.2 Å². The fraction of sp³-hybridized carbons (Fsp3) is 0.318. The number of para-hydroxylation sites is 1. The molecule has 6 nitrogen and oxygen atoms in total. The fourth-order valence-corrected chi connectivity index (χ4v) is 4.32. The number of benzene rings is 1. The molecule has 1 aliphatic heterocycles. The van der Waals surface area contributed by atoms with E-state index in [1.54, 1.807) is 10.5 Å². The standard InChI is InChI=1S/C22H21F3N6.2ClH/c1-13-3-2-4-14-5-7-17(27-19(13)14)21-29-28-18-8-6-15(11-31(18)21)20(22(23,24)25)30-10-9-16(26)12-30;;/h2-8,11,16,20H,9-10,12,26H2,1H3;2*1H/t16-,20+;;/m0../s1. The number of rotatable bonds is 3. The predicted octanol–water partition coefficient (Wildman–Crippen LogP) is 4.73. The zero-order chi connectivity index (χ0) is 21.8. The predicted molar refractivity (Wildman–Crippen MR) is 126 cm³/mol. The van der Waals surface area contributed by atoms with Gasteiger partial charge < -0.3 is 5.73 Å². The zero-order valence-electron chi connectivity index (χ0n) is 17.7. The molecule has 4 heterocycles. The molecule has 5 rings (SSSR count). The summed E-state index contributed by atoms with van der Waals surface area (Å²) in [6.07, 6.45) is -2.41. The van der Waals surface area contributed by atoms with Crippen LogP contribution in [-0.2, 0) is 0 Å². The summed E-state index contributed by atoms with van der Waals surface area (Å²) in [5.74, 6) is 0.404. The SMILES string of the molecule is Cc1cccc2ccc(-c3nnc4ccc([C@@H](N5CC[C@H](N)C5)C(F)(F)F)cn34)nc12.Cl.Cl. The van der Waals surface area contributed by atoms with E-state index in [4.69, 9.17) is 10.7 Å². The Labute approximate surface area is 200 Å². The summed E-state index contributed by atoms with van der Waals surface area (Å²) in [5, 5.41) is 9.32. The molecule has 1 saturated heterocycles. The third kappa shape index (κ3) is 4.63. The van der Waals surface area contributed by atoms with Crippen LogP contribution in [0.1, 0.15) is 23.6 Å². The number of hydrogen-bond acceptors (Lipinski definition) is 5. The van der Waals surface area contributed by atoms with Gasteiger partial charge >= 0.3 is 6.18 Å². The Hall–Kier alpha value is -2.46. The summed E-state index contributed by atoms with van der Waals surface area (Å²) >= 11 is 0. The molecule has 11 heteroatoms. The van der Waals surface area contributed by atoms with Gasteiger partial charge in [-0.15, -0.1) is 35.0 Å². The molecule has 0 amide bonds. The Kier molecular flexibility index (Phi) is 7.18. The first-order valence-electron chi connectivity index (χ1n) is 10.1. The topological polar surface area (TPSA) is 72.3 Å². The van der Waals surface area contributed by atoms with Crippen LogP contribution in [0.2, 0.25) is 0 Å². The molecule has 2 N–H and O–H groups in total. The summed E-state index contributed by atoms with van der Waals surface area (Å²) in [7, 11) is 0. The monoisotopic (exact) mass is 498 g/mol. The molecule has 176 valence electrons. The molecule has 3 aromatic heterocycles. The van der Waals surface area contributed by atoms with Gasteiger partial charge in [-0.05, 0) is 36.6 Å². The van der Waals surface area contributed by atoms with E-state index >= 15 is 0 Å². The van der Waals surface area contributed by atoms with Crippen LogP contribution in [0.3, 0.4) is 0 Å². The van der Waals surface area contributed by atoms with Gasteiger partial charge in [0.1, 0.15) is 11.7 Å². The van der Waals surface area contributed by atoms with E-state index in [-0.39, 0.29) is 43.0 Å². The first-order valence-corrected chi connectivity index (χ1v) is 10.1. The molecule has 1 fully saturated rings. The van der Waals surface area contributed by atoms with Crippen LogP contribution in [0.5, 0.6) is 0 Å². The summed E-state index contributed by atoms with van der Waals surface area (Å²) in [5.41, 5.74) is 8.86. The number of alkyl halides is 3. The quantitative estimate of drug-likeness (QED) is 0.441. The Morgan fingerprint density at radius 2 is 1.85 bits per heavy atom. The van der Waals surface area contributed by atoms with Crippen LogP contribution in [0.25, 0.3) is 28.1 Å². The normalized spacial score (nSPS) is 17.7. The summed E-state index contributed by atoms with van der Waals surface area (Å²) in [4.78, 5) is 6.10. The van der Waals surface area contributed by atoms with Crippen molar-refractivity contribution in [1.29, 1.82) is 0 Å². The molecular weight excluding hydrogens is 476 g/mol. The number of halogens is 5. The Morgan fingerprint density at radius 3 is 2.55 bits per heavy atom. The molecule has 1 aromatic carbocycles. The van der Waals surface area contributed by atoms with E-state index in [2.05, 4.69) is 10.2 Å². The smallest absolute Gasteiger partial charge is 0.326 e. The van der Waals surface area contributed by atoms with Crippen LogP contribution < -0.4 is 5.73 Å². The van der Waals surface area contributed by atoms with Crippen LogP contribution >= 0.6 is 24.8 Å². The third-order valence-electron chi connectivity index (χ3n) is 5.82. The molecule has 33 heavy (non-hydrogen) atoms. The van der Waals surface area contributed by atoms with Crippen LogP contribution in [-0.4, -0.2) is 49.8 Å². The van der Waals surface area contributed by atoms with Crippen molar-refractivity contribution >= 4 is 41.4 Å². The summed E-state index contributed by atoms with van der Waals surface area (Å²) < 4.78 is 43.6. The van der Waals surface area contributed by atoms with Crippen LogP contribution in [0.4, 0.5) is 13.2 Å². The largest absolute Gasteiger partial charge is 0.408 e. The number of aromatic nitrogens is 4.